The summed E-state index contributed by atoms with van der Waals surface area (Å²) in [4.78, 5) is 14.6. The van der Waals surface area contributed by atoms with Crippen LogP contribution in [-0.2, 0) is 14.8 Å². The zero-order valence-electron chi connectivity index (χ0n) is 16.0. The first kappa shape index (κ1) is 20.4. The molecule has 0 unspecified atom stereocenters. The van der Waals surface area contributed by atoms with E-state index in [2.05, 4.69) is 0 Å². The molecule has 0 spiro atoms. The molecule has 7 heteroatoms. The van der Waals surface area contributed by atoms with Crippen molar-refractivity contribution in [1.82, 2.24) is 9.21 Å². The fourth-order valence-corrected chi connectivity index (χ4v) is 4.81. The number of nitrogens with zero attached hydrogens (tertiary/aromatic N) is 2. The van der Waals surface area contributed by atoms with Crippen LogP contribution in [0.2, 0.25) is 0 Å². The Balaban J connectivity index is 1.48. The molecule has 1 aliphatic rings. The smallest absolute Gasteiger partial charge is 0.243 e. The minimum absolute atomic E-state index is 0.0495. The molecule has 0 aromatic heterocycles. The molecule has 1 saturated heterocycles. The van der Waals surface area contributed by atoms with Gasteiger partial charge in [0.1, 0.15) is 12.4 Å². The zero-order valence-corrected chi connectivity index (χ0v) is 16.8. The normalized spacial score (nSPS) is 15.9. The lowest BCUT2D eigenvalue weighted by Crippen LogP contribution is -2.44. The molecule has 2 aromatic rings. The van der Waals surface area contributed by atoms with Crippen molar-refractivity contribution >= 4 is 15.9 Å². The van der Waals surface area contributed by atoms with Crippen molar-refractivity contribution in [1.29, 1.82) is 0 Å². The second kappa shape index (κ2) is 9.21. The van der Waals surface area contributed by atoms with E-state index >= 15 is 0 Å². The Morgan fingerprint density at radius 1 is 1.04 bits per heavy atom. The molecule has 0 N–H and O–H groups in total. The molecule has 0 aliphatic carbocycles. The summed E-state index contributed by atoms with van der Waals surface area (Å²) in [6.45, 7) is 1.65. The summed E-state index contributed by atoms with van der Waals surface area (Å²) in [5.41, 5.74) is 0. The lowest BCUT2D eigenvalue weighted by Gasteiger charge is -2.32. The average molecular weight is 403 g/mol. The van der Waals surface area contributed by atoms with Gasteiger partial charge in [-0.15, -0.1) is 0 Å². The number of para-hydroxylation sites is 1. The molecule has 0 saturated carbocycles. The molecule has 1 amide bonds. The van der Waals surface area contributed by atoms with Crippen LogP contribution in [-0.4, -0.2) is 56.8 Å². The van der Waals surface area contributed by atoms with Crippen LogP contribution >= 0.6 is 0 Å². The van der Waals surface area contributed by atoms with Crippen LogP contribution < -0.4 is 4.74 Å². The van der Waals surface area contributed by atoms with E-state index in [0.717, 1.165) is 5.75 Å². The fraction of sp³-hybridized carbons (Fsp3) is 0.381. The molecular formula is C21H26N2O4S. The molecule has 0 atom stereocenters. The number of hydrogen-bond donors (Lipinski definition) is 0. The summed E-state index contributed by atoms with van der Waals surface area (Å²) in [6.07, 6.45) is 1.07. The van der Waals surface area contributed by atoms with Gasteiger partial charge in [0.2, 0.25) is 15.9 Å². The van der Waals surface area contributed by atoms with Crippen molar-refractivity contribution in [2.75, 3.05) is 33.3 Å². The predicted molar refractivity (Wildman–Crippen MR) is 107 cm³/mol. The number of carbonyl (C=O) groups excluding carboxylic acids is 1. The highest BCUT2D eigenvalue weighted by atomic mass is 32.2. The third kappa shape index (κ3) is 4.91. The molecule has 0 bridgehead atoms. The maximum Gasteiger partial charge on any atom is 0.243 e. The van der Waals surface area contributed by atoms with Crippen molar-refractivity contribution in [3.63, 3.8) is 0 Å². The fourth-order valence-electron chi connectivity index (χ4n) is 3.32. The molecule has 0 radical (unpaired) electrons. The van der Waals surface area contributed by atoms with Gasteiger partial charge >= 0.3 is 0 Å². The summed E-state index contributed by atoms with van der Waals surface area (Å²) >= 11 is 0. The maximum atomic E-state index is 12.7. The maximum absolute atomic E-state index is 12.7. The van der Waals surface area contributed by atoms with E-state index in [0.29, 0.717) is 44.0 Å². The largest absolute Gasteiger partial charge is 0.492 e. The molecule has 1 fully saturated rings. The summed E-state index contributed by atoms with van der Waals surface area (Å²) in [6, 6.07) is 17.9. The van der Waals surface area contributed by atoms with Crippen LogP contribution in [0.25, 0.3) is 0 Å². The van der Waals surface area contributed by atoms with Gasteiger partial charge < -0.3 is 9.64 Å². The third-order valence-electron chi connectivity index (χ3n) is 5.00. The first-order chi connectivity index (χ1) is 13.5. The Labute approximate surface area is 166 Å². The number of rotatable bonds is 7. The van der Waals surface area contributed by atoms with Gasteiger partial charge in [0.05, 0.1) is 11.4 Å². The summed E-state index contributed by atoms with van der Waals surface area (Å²) < 4.78 is 32.5. The van der Waals surface area contributed by atoms with E-state index in [-0.39, 0.29) is 11.8 Å². The molecule has 1 heterocycles. The Bertz CT molecular complexity index is 864. The highest BCUT2D eigenvalue weighted by molar-refractivity contribution is 7.89. The van der Waals surface area contributed by atoms with Crippen molar-refractivity contribution in [3.05, 3.63) is 60.7 Å². The van der Waals surface area contributed by atoms with Crippen molar-refractivity contribution in [2.24, 2.45) is 5.92 Å². The Hall–Kier alpha value is -2.38. The van der Waals surface area contributed by atoms with Crippen molar-refractivity contribution < 1.29 is 17.9 Å². The molecule has 28 heavy (non-hydrogen) atoms. The van der Waals surface area contributed by atoms with E-state index in [1.54, 1.807) is 42.3 Å². The van der Waals surface area contributed by atoms with Crippen molar-refractivity contribution in [3.8, 4) is 5.75 Å². The second-order valence-electron chi connectivity index (χ2n) is 6.91. The minimum atomic E-state index is -3.49. The molecule has 2 aromatic carbocycles. The summed E-state index contributed by atoms with van der Waals surface area (Å²) in [5, 5.41) is 0. The van der Waals surface area contributed by atoms with Gasteiger partial charge in [-0.05, 0) is 37.1 Å². The number of piperidine rings is 1. The van der Waals surface area contributed by atoms with Crippen LogP contribution in [0, 0.1) is 5.92 Å². The van der Waals surface area contributed by atoms with Gasteiger partial charge in [-0.3, -0.25) is 4.79 Å². The minimum Gasteiger partial charge on any atom is -0.492 e. The number of hydrogen-bond acceptors (Lipinski definition) is 4. The Kier molecular flexibility index (Phi) is 6.70. The lowest BCUT2D eigenvalue weighted by atomic mass is 9.97. The van der Waals surface area contributed by atoms with E-state index in [9.17, 15) is 13.2 Å². The van der Waals surface area contributed by atoms with Gasteiger partial charge in [0.25, 0.3) is 0 Å². The van der Waals surface area contributed by atoms with Gasteiger partial charge in [0.15, 0.2) is 0 Å². The highest BCUT2D eigenvalue weighted by Gasteiger charge is 2.33. The van der Waals surface area contributed by atoms with Crippen LogP contribution in [0.15, 0.2) is 65.6 Å². The monoisotopic (exact) mass is 402 g/mol. The topological polar surface area (TPSA) is 66.9 Å². The van der Waals surface area contributed by atoms with E-state index in [4.69, 9.17) is 4.74 Å². The Morgan fingerprint density at radius 3 is 2.21 bits per heavy atom. The van der Waals surface area contributed by atoms with Crippen molar-refractivity contribution in [2.45, 2.75) is 17.7 Å². The molecule has 1 aliphatic heterocycles. The second-order valence-corrected chi connectivity index (χ2v) is 8.85. The number of carbonyl (C=O) groups is 1. The number of benzene rings is 2. The first-order valence-corrected chi connectivity index (χ1v) is 10.9. The third-order valence-corrected chi connectivity index (χ3v) is 6.91. The number of sulfonamides is 1. The van der Waals surface area contributed by atoms with Gasteiger partial charge in [-0.1, -0.05) is 36.4 Å². The van der Waals surface area contributed by atoms with Crippen LogP contribution in [0.1, 0.15) is 12.8 Å². The molecule has 150 valence electrons. The van der Waals surface area contributed by atoms with Gasteiger partial charge in [0, 0.05) is 26.1 Å². The molecule has 3 rings (SSSR count). The Morgan fingerprint density at radius 2 is 1.61 bits per heavy atom. The average Bonchev–Trinajstić information content (AvgIpc) is 2.74. The quantitative estimate of drug-likeness (QED) is 0.714. The number of ether oxygens (including phenoxy) is 1. The van der Waals surface area contributed by atoms with Gasteiger partial charge in [-0.2, -0.15) is 4.31 Å². The predicted octanol–water partition coefficient (Wildman–Crippen LogP) is 2.62. The first-order valence-electron chi connectivity index (χ1n) is 9.46. The summed E-state index contributed by atoms with van der Waals surface area (Å²) in [5.74, 6) is 0.681. The SMILES string of the molecule is CN(CCOc1ccccc1)C(=O)C1CCN(S(=O)(=O)c2ccccc2)CC1. The molecular weight excluding hydrogens is 376 g/mol. The van der Waals surface area contributed by atoms with E-state index in [1.807, 2.05) is 30.3 Å². The zero-order chi connectivity index (χ0) is 20.0. The highest BCUT2D eigenvalue weighted by Crippen LogP contribution is 2.24. The summed E-state index contributed by atoms with van der Waals surface area (Å²) in [7, 11) is -1.72. The van der Waals surface area contributed by atoms with E-state index in [1.165, 1.54) is 4.31 Å². The molecule has 6 nitrogen and oxygen atoms in total. The lowest BCUT2D eigenvalue weighted by molar-refractivity contribution is -0.135. The van der Waals surface area contributed by atoms with Crippen LogP contribution in [0.4, 0.5) is 0 Å². The van der Waals surface area contributed by atoms with Gasteiger partial charge in [-0.25, -0.2) is 8.42 Å². The standard InChI is InChI=1S/C21H26N2O4S/c1-22(16-17-27-19-8-4-2-5-9-19)21(24)18-12-14-23(15-13-18)28(25,26)20-10-6-3-7-11-20/h2-11,18H,12-17H2,1H3. The number of amides is 1. The van der Waals surface area contributed by atoms with Crippen LogP contribution in [0.3, 0.4) is 0 Å². The number of likely N-dealkylation sites (N-methyl/N-ethyl adjacent to an activating group) is 1. The van der Waals surface area contributed by atoms with Crippen LogP contribution in [0.5, 0.6) is 5.75 Å². The van der Waals surface area contributed by atoms with E-state index < -0.39 is 10.0 Å².